The Morgan fingerprint density at radius 3 is 1.97 bits per heavy atom. The lowest BCUT2D eigenvalue weighted by Gasteiger charge is -2.09. The standard InChI is InChI=1S/C18H22O3.C5H12.C4H10/c1-5-12(2)16(19)7-6-13-8-14-10-17(20-3)18(21-4)11-15(14)9-13;1-3-5-4-2;1-3-4-2/h6-8,10-12H,5,9H2,1-4H3;3-5H2,1-2H3;3-4H2,1-2H3/b7-6+;;. The van der Waals surface area contributed by atoms with Crippen LogP contribution in [0.1, 0.15) is 91.2 Å². The van der Waals surface area contributed by atoms with Gasteiger partial charge in [-0.15, -0.1) is 0 Å². The molecule has 0 fully saturated rings. The smallest absolute Gasteiger partial charge is 0.161 e. The lowest BCUT2D eigenvalue weighted by molar-refractivity contribution is -0.117. The molecule has 0 amide bonds. The number of carbonyl (C=O) groups is 1. The van der Waals surface area contributed by atoms with E-state index in [-0.39, 0.29) is 11.7 Å². The molecule has 3 heteroatoms. The molecule has 1 aliphatic rings. The average Bonchev–Trinajstić information content (AvgIpc) is 3.18. The van der Waals surface area contributed by atoms with E-state index < -0.39 is 0 Å². The number of hydrogen-bond acceptors (Lipinski definition) is 3. The number of ether oxygens (including phenoxy) is 2. The van der Waals surface area contributed by atoms with E-state index in [1.807, 2.05) is 32.1 Å². The highest BCUT2D eigenvalue weighted by molar-refractivity contribution is 5.92. The number of benzene rings is 1. The molecule has 0 spiro atoms. The quantitative estimate of drug-likeness (QED) is 0.385. The van der Waals surface area contributed by atoms with Crippen molar-refractivity contribution in [2.45, 2.75) is 86.5 Å². The van der Waals surface area contributed by atoms with Gasteiger partial charge in [-0.25, -0.2) is 0 Å². The first-order chi connectivity index (χ1) is 14.4. The zero-order valence-electron chi connectivity index (χ0n) is 20.6. The van der Waals surface area contributed by atoms with E-state index in [1.54, 1.807) is 20.3 Å². The normalized spacial score (nSPS) is 12.7. The van der Waals surface area contributed by atoms with Gasteiger partial charge in [-0.2, -0.15) is 0 Å². The number of allylic oxidation sites excluding steroid dienone is 3. The van der Waals surface area contributed by atoms with Crippen molar-refractivity contribution in [1.82, 2.24) is 0 Å². The molecule has 0 N–H and O–H groups in total. The minimum Gasteiger partial charge on any atom is -0.493 e. The summed E-state index contributed by atoms with van der Waals surface area (Å²) < 4.78 is 10.6. The Morgan fingerprint density at radius 2 is 1.53 bits per heavy atom. The number of ketones is 1. The number of unbranched alkanes of at least 4 members (excludes halogenated alkanes) is 3. The molecule has 1 aromatic rings. The number of methoxy groups -OCH3 is 2. The largest absolute Gasteiger partial charge is 0.493 e. The summed E-state index contributed by atoms with van der Waals surface area (Å²) in [6, 6.07) is 3.98. The van der Waals surface area contributed by atoms with E-state index in [2.05, 4.69) is 33.8 Å². The molecule has 30 heavy (non-hydrogen) atoms. The molecular formula is C27H44O3. The molecule has 1 aromatic carbocycles. The zero-order chi connectivity index (χ0) is 22.9. The molecule has 1 aliphatic carbocycles. The molecule has 3 nitrogen and oxygen atoms in total. The summed E-state index contributed by atoms with van der Waals surface area (Å²) in [6.45, 7) is 12.8. The monoisotopic (exact) mass is 416 g/mol. The van der Waals surface area contributed by atoms with E-state index in [0.717, 1.165) is 35.5 Å². The number of hydrogen-bond donors (Lipinski definition) is 0. The second-order valence-corrected chi connectivity index (χ2v) is 7.70. The highest BCUT2D eigenvalue weighted by Crippen LogP contribution is 2.36. The van der Waals surface area contributed by atoms with Gasteiger partial charge in [-0.1, -0.05) is 85.8 Å². The van der Waals surface area contributed by atoms with Crippen molar-refractivity contribution in [3.05, 3.63) is 41.0 Å². The Labute approximate surface area is 185 Å². The maximum Gasteiger partial charge on any atom is 0.161 e. The molecule has 1 unspecified atom stereocenters. The molecule has 2 rings (SSSR count). The predicted octanol–water partition coefficient (Wildman–Crippen LogP) is 7.82. The molecule has 0 bridgehead atoms. The Balaban J connectivity index is 0.000000789. The minimum atomic E-state index is 0.0887. The van der Waals surface area contributed by atoms with E-state index in [4.69, 9.17) is 9.47 Å². The van der Waals surface area contributed by atoms with Crippen LogP contribution in [0.2, 0.25) is 0 Å². The maximum absolute atomic E-state index is 11.9. The van der Waals surface area contributed by atoms with Crippen LogP contribution in [0, 0.1) is 5.92 Å². The van der Waals surface area contributed by atoms with E-state index in [1.165, 1.54) is 37.7 Å². The SMILES string of the molecule is CCC(C)C(=O)/C=C/C1=Cc2cc(OC)c(OC)cc2C1.CCCC.CCCCC. The van der Waals surface area contributed by atoms with Gasteiger partial charge < -0.3 is 9.47 Å². The van der Waals surface area contributed by atoms with Crippen LogP contribution in [-0.4, -0.2) is 20.0 Å². The van der Waals surface area contributed by atoms with Crippen molar-refractivity contribution in [2.75, 3.05) is 14.2 Å². The van der Waals surface area contributed by atoms with Gasteiger partial charge in [0, 0.05) is 5.92 Å². The second kappa shape index (κ2) is 16.7. The number of rotatable bonds is 9. The van der Waals surface area contributed by atoms with Crippen molar-refractivity contribution in [2.24, 2.45) is 5.92 Å². The van der Waals surface area contributed by atoms with E-state index >= 15 is 0 Å². The van der Waals surface area contributed by atoms with Gasteiger partial charge in [0.15, 0.2) is 17.3 Å². The highest BCUT2D eigenvalue weighted by Gasteiger charge is 2.16. The van der Waals surface area contributed by atoms with Crippen LogP contribution in [0.25, 0.3) is 6.08 Å². The van der Waals surface area contributed by atoms with Crippen molar-refractivity contribution >= 4 is 11.9 Å². The van der Waals surface area contributed by atoms with Gasteiger partial charge in [-0.05, 0) is 47.8 Å². The molecule has 0 aromatic heterocycles. The van der Waals surface area contributed by atoms with Crippen molar-refractivity contribution in [1.29, 1.82) is 0 Å². The first-order valence-electron chi connectivity index (χ1n) is 11.6. The molecule has 0 saturated heterocycles. The fraction of sp³-hybridized carbons (Fsp3) is 0.593. The third kappa shape index (κ3) is 10.1. The second-order valence-electron chi connectivity index (χ2n) is 7.70. The third-order valence-electron chi connectivity index (χ3n) is 5.15. The van der Waals surface area contributed by atoms with Crippen LogP contribution >= 0.6 is 0 Å². The van der Waals surface area contributed by atoms with Crippen LogP contribution in [0.15, 0.2) is 29.9 Å². The van der Waals surface area contributed by atoms with Crippen molar-refractivity contribution < 1.29 is 14.3 Å². The Morgan fingerprint density at radius 1 is 0.967 bits per heavy atom. The number of carbonyl (C=O) groups excluding carboxylic acids is 1. The van der Waals surface area contributed by atoms with Crippen LogP contribution in [0.3, 0.4) is 0 Å². The van der Waals surface area contributed by atoms with Gasteiger partial charge in [0.25, 0.3) is 0 Å². The van der Waals surface area contributed by atoms with Crippen LogP contribution in [-0.2, 0) is 11.2 Å². The van der Waals surface area contributed by atoms with Crippen LogP contribution < -0.4 is 9.47 Å². The van der Waals surface area contributed by atoms with Gasteiger partial charge in [0.05, 0.1) is 14.2 Å². The molecule has 0 aliphatic heterocycles. The third-order valence-corrected chi connectivity index (χ3v) is 5.15. The molecule has 1 atom stereocenters. The van der Waals surface area contributed by atoms with Gasteiger partial charge >= 0.3 is 0 Å². The molecular weight excluding hydrogens is 372 g/mol. The van der Waals surface area contributed by atoms with Crippen molar-refractivity contribution in [3.63, 3.8) is 0 Å². The van der Waals surface area contributed by atoms with Crippen LogP contribution in [0.4, 0.5) is 0 Å². The van der Waals surface area contributed by atoms with Gasteiger partial charge in [0.2, 0.25) is 0 Å². The summed E-state index contributed by atoms with van der Waals surface area (Å²) >= 11 is 0. The maximum atomic E-state index is 11.9. The summed E-state index contributed by atoms with van der Waals surface area (Å²) in [6.07, 6.45) is 14.1. The summed E-state index contributed by atoms with van der Waals surface area (Å²) in [7, 11) is 3.27. The summed E-state index contributed by atoms with van der Waals surface area (Å²) in [5.74, 6) is 1.74. The Hall–Kier alpha value is -2.03. The lowest BCUT2D eigenvalue weighted by atomic mass is 10.0. The molecule has 0 radical (unpaired) electrons. The van der Waals surface area contributed by atoms with Gasteiger partial charge in [-0.3, -0.25) is 4.79 Å². The number of fused-ring (bicyclic) bond motifs is 1. The van der Waals surface area contributed by atoms with E-state index in [9.17, 15) is 4.79 Å². The Kier molecular flexibility index (Phi) is 15.6. The first-order valence-corrected chi connectivity index (χ1v) is 11.6. The van der Waals surface area contributed by atoms with E-state index in [0.29, 0.717) is 0 Å². The Bertz CT molecular complexity index is 667. The molecule has 170 valence electrons. The summed E-state index contributed by atoms with van der Waals surface area (Å²) in [5, 5.41) is 0. The topological polar surface area (TPSA) is 35.5 Å². The van der Waals surface area contributed by atoms with Crippen molar-refractivity contribution in [3.8, 4) is 11.5 Å². The summed E-state index contributed by atoms with van der Waals surface area (Å²) in [5.41, 5.74) is 3.46. The molecule has 0 heterocycles. The van der Waals surface area contributed by atoms with Crippen LogP contribution in [0.5, 0.6) is 11.5 Å². The predicted molar refractivity (Wildman–Crippen MR) is 131 cm³/mol. The first kappa shape index (κ1) is 28.0. The minimum absolute atomic E-state index is 0.0887. The lowest BCUT2D eigenvalue weighted by Crippen LogP contribution is -2.05. The molecule has 0 saturated carbocycles. The van der Waals surface area contributed by atoms with Gasteiger partial charge in [0.1, 0.15) is 0 Å². The zero-order valence-corrected chi connectivity index (χ0v) is 20.6. The average molecular weight is 417 g/mol. The fourth-order valence-electron chi connectivity index (χ4n) is 2.71. The highest BCUT2D eigenvalue weighted by atomic mass is 16.5. The fourth-order valence-corrected chi connectivity index (χ4v) is 2.71. The summed E-state index contributed by atoms with van der Waals surface area (Å²) in [4.78, 5) is 11.9.